The highest BCUT2D eigenvalue weighted by Gasteiger charge is 2.24. The number of hydrogen-bond donors (Lipinski definition) is 1. The van der Waals surface area contributed by atoms with Gasteiger partial charge in [-0.2, -0.15) is 4.31 Å². The van der Waals surface area contributed by atoms with Crippen LogP contribution in [0, 0.1) is 0 Å². The number of allylic oxidation sites excluding steroid dienone is 1. The van der Waals surface area contributed by atoms with Gasteiger partial charge in [0.2, 0.25) is 15.9 Å². The topological polar surface area (TPSA) is 66.5 Å². The van der Waals surface area contributed by atoms with Crippen molar-refractivity contribution in [3.05, 3.63) is 47.5 Å². The summed E-state index contributed by atoms with van der Waals surface area (Å²) in [7, 11) is -3.40. The summed E-state index contributed by atoms with van der Waals surface area (Å²) in [5.41, 5.74) is 2.34. The quantitative estimate of drug-likeness (QED) is 0.670. The first kappa shape index (κ1) is 20.6. The summed E-state index contributed by atoms with van der Waals surface area (Å²) in [6.45, 7) is 2.66. The third-order valence-electron chi connectivity index (χ3n) is 4.85. The Bertz CT molecular complexity index is 714. The molecule has 6 heteroatoms. The van der Waals surface area contributed by atoms with Crippen LogP contribution in [-0.4, -0.2) is 38.0 Å². The second kappa shape index (κ2) is 9.88. The Morgan fingerprint density at radius 3 is 2.58 bits per heavy atom. The summed E-state index contributed by atoms with van der Waals surface area (Å²) in [6, 6.07) is 9.18. The molecule has 26 heavy (non-hydrogen) atoms. The van der Waals surface area contributed by atoms with Crippen molar-refractivity contribution in [2.45, 2.75) is 51.5 Å². The zero-order chi connectivity index (χ0) is 19.0. The Labute approximate surface area is 157 Å². The van der Waals surface area contributed by atoms with Crippen molar-refractivity contribution in [2.24, 2.45) is 0 Å². The SMILES string of the molecule is CC(c1ccccc1)N(CCC(=O)NCCC1=CCCCC1)S(C)(=O)=O. The summed E-state index contributed by atoms with van der Waals surface area (Å²) >= 11 is 0. The molecule has 0 spiro atoms. The van der Waals surface area contributed by atoms with Gasteiger partial charge in [0.05, 0.1) is 6.26 Å². The molecule has 1 unspecified atom stereocenters. The minimum atomic E-state index is -3.40. The van der Waals surface area contributed by atoms with Gasteiger partial charge in [-0.15, -0.1) is 0 Å². The molecule has 0 heterocycles. The summed E-state index contributed by atoms with van der Waals surface area (Å²) in [6.07, 6.45) is 9.31. The van der Waals surface area contributed by atoms with E-state index in [2.05, 4.69) is 11.4 Å². The van der Waals surface area contributed by atoms with E-state index in [-0.39, 0.29) is 24.9 Å². The number of carbonyl (C=O) groups excluding carboxylic acids is 1. The van der Waals surface area contributed by atoms with Crippen LogP contribution >= 0.6 is 0 Å². The minimum absolute atomic E-state index is 0.102. The molecular weight excluding hydrogens is 348 g/mol. The lowest BCUT2D eigenvalue weighted by molar-refractivity contribution is -0.121. The van der Waals surface area contributed by atoms with Crippen molar-refractivity contribution in [3.63, 3.8) is 0 Å². The van der Waals surface area contributed by atoms with Crippen LogP contribution in [0.4, 0.5) is 0 Å². The van der Waals surface area contributed by atoms with Crippen molar-refractivity contribution in [3.8, 4) is 0 Å². The summed E-state index contributed by atoms with van der Waals surface area (Å²) in [4.78, 5) is 12.1. The van der Waals surface area contributed by atoms with Crippen LogP contribution in [0.15, 0.2) is 42.0 Å². The molecule has 0 aliphatic heterocycles. The Kier molecular flexibility index (Phi) is 7.85. The molecule has 1 aliphatic rings. The molecule has 0 fully saturated rings. The lowest BCUT2D eigenvalue weighted by Gasteiger charge is -2.27. The summed E-state index contributed by atoms with van der Waals surface area (Å²) < 4.78 is 25.7. The van der Waals surface area contributed by atoms with E-state index < -0.39 is 10.0 Å². The number of rotatable bonds is 9. The van der Waals surface area contributed by atoms with Crippen LogP contribution in [0.3, 0.4) is 0 Å². The summed E-state index contributed by atoms with van der Waals surface area (Å²) in [5, 5.41) is 2.91. The number of hydrogen-bond acceptors (Lipinski definition) is 3. The average molecular weight is 379 g/mol. The van der Waals surface area contributed by atoms with Gasteiger partial charge in [0.15, 0.2) is 0 Å². The second-order valence-corrected chi connectivity index (χ2v) is 8.85. The van der Waals surface area contributed by atoms with Crippen LogP contribution in [0.5, 0.6) is 0 Å². The van der Waals surface area contributed by atoms with Gasteiger partial charge in [-0.05, 0) is 44.6 Å². The number of carbonyl (C=O) groups is 1. The van der Waals surface area contributed by atoms with E-state index in [0.717, 1.165) is 24.8 Å². The van der Waals surface area contributed by atoms with Gasteiger partial charge in [0.1, 0.15) is 0 Å². The first-order valence-electron chi connectivity index (χ1n) is 9.34. The molecule has 0 saturated heterocycles. The lowest BCUT2D eigenvalue weighted by atomic mass is 9.97. The maximum atomic E-state index is 12.2. The molecule has 1 aliphatic carbocycles. The standard InChI is InChI=1S/C20H30N2O3S/c1-17(19-11-7-4-8-12-19)22(26(2,24)25)16-14-20(23)21-15-13-18-9-5-3-6-10-18/h4,7-9,11-12,17H,3,5-6,10,13-16H2,1-2H3,(H,21,23). The number of sulfonamides is 1. The van der Waals surface area contributed by atoms with E-state index in [1.165, 1.54) is 29.0 Å². The average Bonchev–Trinajstić information content (AvgIpc) is 2.62. The predicted molar refractivity (Wildman–Crippen MR) is 105 cm³/mol. The van der Waals surface area contributed by atoms with Gasteiger partial charge in [-0.3, -0.25) is 4.79 Å². The van der Waals surface area contributed by atoms with Crippen LogP contribution in [0.1, 0.15) is 57.1 Å². The molecule has 0 radical (unpaired) electrons. The molecule has 144 valence electrons. The van der Waals surface area contributed by atoms with Crippen molar-refractivity contribution in [1.29, 1.82) is 0 Å². The highest BCUT2D eigenvalue weighted by atomic mass is 32.2. The van der Waals surface area contributed by atoms with Gasteiger partial charge in [-0.25, -0.2) is 8.42 Å². The number of benzene rings is 1. The molecule has 1 aromatic rings. The van der Waals surface area contributed by atoms with Gasteiger partial charge in [0, 0.05) is 25.6 Å². The van der Waals surface area contributed by atoms with Crippen LogP contribution in [0.25, 0.3) is 0 Å². The van der Waals surface area contributed by atoms with E-state index in [1.54, 1.807) is 0 Å². The molecule has 0 aromatic heterocycles. The van der Waals surface area contributed by atoms with Crippen molar-refractivity contribution in [1.82, 2.24) is 9.62 Å². The fourth-order valence-corrected chi connectivity index (χ4v) is 4.46. The van der Waals surface area contributed by atoms with Crippen molar-refractivity contribution < 1.29 is 13.2 Å². The Morgan fingerprint density at radius 1 is 1.23 bits per heavy atom. The molecule has 1 atom stereocenters. The number of nitrogens with zero attached hydrogens (tertiary/aromatic N) is 1. The fourth-order valence-electron chi connectivity index (χ4n) is 3.34. The highest BCUT2D eigenvalue weighted by Crippen LogP contribution is 2.23. The van der Waals surface area contributed by atoms with E-state index in [0.29, 0.717) is 6.54 Å². The summed E-state index contributed by atoms with van der Waals surface area (Å²) in [5.74, 6) is -0.102. The molecule has 2 rings (SSSR count). The Morgan fingerprint density at radius 2 is 1.96 bits per heavy atom. The first-order chi connectivity index (χ1) is 12.4. The minimum Gasteiger partial charge on any atom is -0.356 e. The van der Waals surface area contributed by atoms with E-state index >= 15 is 0 Å². The number of nitrogens with one attached hydrogen (secondary N) is 1. The Balaban J connectivity index is 1.84. The van der Waals surface area contributed by atoms with Crippen molar-refractivity contribution in [2.75, 3.05) is 19.3 Å². The first-order valence-corrected chi connectivity index (χ1v) is 11.2. The fraction of sp³-hybridized carbons (Fsp3) is 0.550. The largest absolute Gasteiger partial charge is 0.356 e. The smallest absolute Gasteiger partial charge is 0.221 e. The maximum absolute atomic E-state index is 12.2. The van der Waals surface area contributed by atoms with Crippen LogP contribution in [-0.2, 0) is 14.8 Å². The van der Waals surface area contributed by atoms with Crippen LogP contribution in [0.2, 0.25) is 0 Å². The monoisotopic (exact) mass is 378 g/mol. The van der Waals surface area contributed by atoms with Gasteiger partial charge in [0.25, 0.3) is 0 Å². The molecule has 1 N–H and O–H groups in total. The van der Waals surface area contributed by atoms with Gasteiger partial charge >= 0.3 is 0 Å². The zero-order valence-electron chi connectivity index (χ0n) is 15.8. The zero-order valence-corrected chi connectivity index (χ0v) is 16.6. The lowest BCUT2D eigenvalue weighted by Crippen LogP contribution is -2.36. The highest BCUT2D eigenvalue weighted by molar-refractivity contribution is 7.88. The Hall–Kier alpha value is -1.66. The molecular formula is C20H30N2O3S. The van der Waals surface area contributed by atoms with Crippen molar-refractivity contribution >= 4 is 15.9 Å². The van der Waals surface area contributed by atoms with E-state index in [4.69, 9.17) is 0 Å². The predicted octanol–water partition coefficient (Wildman–Crippen LogP) is 3.41. The van der Waals surface area contributed by atoms with Crippen LogP contribution < -0.4 is 5.32 Å². The molecule has 1 aromatic carbocycles. The molecule has 1 amide bonds. The molecule has 0 saturated carbocycles. The normalized spacial score (nSPS) is 16.2. The molecule has 0 bridgehead atoms. The van der Waals surface area contributed by atoms with E-state index in [1.807, 2.05) is 37.3 Å². The number of amides is 1. The second-order valence-electron chi connectivity index (χ2n) is 6.92. The third kappa shape index (κ3) is 6.57. The maximum Gasteiger partial charge on any atom is 0.221 e. The van der Waals surface area contributed by atoms with E-state index in [9.17, 15) is 13.2 Å². The van der Waals surface area contributed by atoms with Gasteiger partial charge in [-0.1, -0.05) is 42.0 Å². The molecule has 5 nitrogen and oxygen atoms in total. The third-order valence-corrected chi connectivity index (χ3v) is 6.20. The van der Waals surface area contributed by atoms with Gasteiger partial charge < -0.3 is 5.32 Å².